The number of carbonyl (C=O) groups excluding carboxylic acids is 1. The van der Waals surface area contributed by atoms with E-state index >= 15 is 0 Å². The van der Waals surface area contributed by atoms with Gasteiger partial charge < -0.3 is 11.5 Å². The summed E-state index contributed by atoms with van der Waals surface area (Å²) in [7, 11) is 0. The smallest absolute Gasteiger partial charge is 0.217 e. The summed E-state index contributed by atoms with van der Waals surface area (Å²) in [6.45, 7) is 4.00. The van der Waals surface area contributed by atoms with Gasteiger partial charge in [-0.05, 0) is 49.4 Å². The molecule has 0 spiro atoms. The van der Waals surface area contributed by atoms with Gasteiger partial charge in [0.05, 0.1) is 0 Å². The number of unbranched alkanes of at least 4 members (excludes halogenated alkanes) is 1. The molecule has 1 atom stereocenters. The maximum Gasteiger partial charge on any atom is 0.217 e. The van der Waals surface area contributed by atoms with Gasteiger partial charge in [0, 0.05) is 17.5 Å². The summed E-state index contributed by atoms with van der Waals surface area (Å²) < 4.78 is 0. The molecule has 3 nitrogen and oxygen atoms in total. The van der Waals surface area contributed by atoms with Crippen molar-refractivity contribution < 1.29 is 4.79 Å². The lowest BCUT2D eigenvalue weighted by Crippen LogP contribution is -2.13. The van der Waals surface area contributed by atoms with E-state index < -0.39 is 0 Å². The molecule has 1 amide bonds. The van der Waals surface area contributed by atoms with E-state index in [9.17, 15) is 4.79 Å². The predicted octanol–water partition coefficient (Wildman–Crippen LogP) is 3.00. The molecular formula is C14H21ClN2O. The summed E-state index contributed by atoms with van der Waals surface area (Å²) in [6.07, 6.45) is 3.00. The number of carbonyl (C=O) groups is 1. The fourth-order valence-electron chi connectivity index (χ4n) is 2.02. The molecule has 1 aromatic carbocycles. The average molecular weight is 269 g/mol. The molecule has 0 heterocycles. The fraction of sp³-hybridized carbons (Fsp3) is 0.500. The third kappa shape index (κ3) is 4.31. The van der Waals surface area contributed by atoms with Crippen molar-refractivity contribution in [3.05, 3.63) is 33.8 Å². The fourth-order valence-corrected chi connectivity index (χ4v) is 2.24. The van der Waals surface area contributed by atoms with E-state index in [4.69, 9.17) is 23.1 Å². The Morgan fingerprint density at radius 1 is 1.28 bits per heavy atom. The molecule has 0 aromatic heterocycles. The van der Waals surface area contributed by atoms with Gasteiger partial charge >= 0.3 is 0 Å². The van der Waals surface area contributed by atoms with Crippen LogP contribution in [0.15, 0.2) is 12.1 Å². The second-order valence-electron chi connectivity index (χ2n) is 4.78. The van der Waals surface area contributed by atoms with Crippen LogP contribution in [-0.2, 0) is 4.79 Å². The first kappa shape index (κ1) is 15.0. The lowest BCUT2D eigenvalue weighted by molar-refractivity contribution is -0.118. The van der Waals surface area contributed by atoms with Gasteiger partial charge in [0.2, 0.25) is 5.91 Å². The number of amides is 1. The summed E-state index contributed by atoms with van der Waals surface area (Å²) in [5, 5.41) is 0.775. The van der Waals surface area contributed by atoms with E-state index in [0.29, 0.717) is 6.42 Å². The molecule has 0 aliphatic heterocycles. The minimum absolute atomic E-state index is 0.00570. The quantitative estimate of drug-likeness (QED) is 0.779. The van der Waals surface area contributed by atoms with E-state index in [1.54, 1.807) is 0 Å². The minimum atomic E-state index is -0.248. The van der Waals surface area contributed by atoms with E-state index in [1.807, 2.05) is 19.9 Å². The molecule has 0 bridgehead atoms. The van der Waals surface area contributed by atoms with E-state index in [0.717, 1.165) is 41.0 Å². The summed E-state index contributed by atoms with van der Waals surface area (Å²) in [6, 6.07) is 4.00. The maximum atomic E-state index is 10.6. The first-order valence-corrected chi connectivity index (χ1v) is 6.60. The Bertz CT molecular complexity index is 432. The highest BCUT2D eigenvalue weighted by molar-refractivity contribution is 6.31. The Hall–Kier alpha value is -1.06. The molecule has 1 unspecified atom stereocenters. The van der Waals surface area contributed by atoms with Crippen LogP contribution in [0.3, 0.4) is 0 Å². The molecule has 100 valence electrons. The van der Waals surface area contributed by atoms with Crippen LogP contribution in [0, 0.1) is 13.8 Å². The molecule has 0 saturated carbocycles. The molecule has 1 aromatic rings. The Labute approximate surface area is 113 Å². The molecular weight excluding hydrogens is 248 g/mol. The van der Waals surface area contributed by atoms with Crippen LogP contribution >= 0.6 is 11.6 Å². The van der Waals surface area contributed by atoms with Crippen molar-refractivity contribution >= 4 is 17.5 Å². The average Bonchev–Trinajstić information content (AvgIpc) is 2.28. The van der Waals surface area contributed by atoms with Crippen molar-refractivity contribution in [3.8, 4) is 0 Å². The normalized spacial score (nSPS) is 12.4. The van der Waals surface area contributed by atoms with Gasteiger partial charge in [-0.2, -0.15) is 0 Å². The van der Waals surface area contributed by atoms with Gasteiger partial charge in [0.15, 0.2) is 0 Å². The minimum Gasteiger partial charge on any atom is -0.370 e. The summed E-state index contributed by atoms with van der Waals surface area (Å²) >= 11 is 6.06. The molecule has 0 fully saturated rings. The topological polar surface area (TPSA) is 69.1 Å². The van der Waals surface area contributed by atoms with E-state index in [-0.39, 0.29) is 11.9 Å². The van der Waals surface area contributed by atoms with Gasteiger partial charge in [-0.15, -0.1) is 0 Å². The zero-order valence-electron chi connectivity index (χ0n) is 11.0. The lowest BCUT2D eigenvalue weighted by atomic mass is 9.95. The number of nitrogens with two attached hydrogens (primary N) is 2. The number of benzene rings is 1. The standard InChI is InChI=1S/C14H21ClN2O/c1-9-8-12(15)10(2)7-11(9)13(16)5-3-4-6-14(17)18/h7-8,13H,3-6,16H2,1-2H3,(H2,17,18). The van der Waals surface area contributed by atoms with Crippen molar-refractivity contribution in [3.63, 3.8) is 0 Å². The van der Waals surface area contributed by atoms with Crippen LogP contribution in [0.1, 0.15) is 48.4 Å². The first-order chi connectivity index (χ1) is 8.41. The van der Waals surface area contributed by atoms with Crippen LogP contribution in [0.25, 0.3) is 0 Å². The third-order valence-corrected chi connectivity index (χ3v) is 3.54. The Morgan fingerprint density at radius 2 is 1.94 bits per heavy atom. The molecule has 0 aliphatic carbocycles. The highest BCUT2D eigenvalue weighted by Gasteiger charge is 2.11. The van der Waals surface area contributed by atoms with E-state index in [1.165, 1.54) is 0 Å². The van der Waals surface area contributed by atoms with Gasteiger partial charge in [-0.1, -0.05) is 24.1 Å². The SMILES string of the molecule is Cc1cc(C(N)CCCCC(N)=O)c(C)cc1Cl. The van der Waals surface area contributed by atoms with E-state index in [2.05, 4.69) is 6.07 Å². The van der Waals surface area contributed by atoms with Crippen molar-refractivity contribution in [1.82, 2.24) is 0 Å². The van der Waals surface area contributed by atoms with Crippen molar-refractivity contribution in [1.29, 1.82) is 0 Å². The second-order valence-corrected chi connectivity index (χ2v) is 5.18. The third-order valence-electron chi connectivity index (χ3n) is 3.14. The Kier molecular flexibility index (Phi) is 5.63. The molecule has 4 N–H and O–H groups in total. The Morgan fingerprint density at radius 3 is 2.56 bits per heavy atom. The highest BCUT2D eigenvalue weighted by Crippen LogP contribution is 2.26. The van der Waals surface area contributed by atoms with Crippen LogP contribution in [0.2, 0.25) is 5.02 Å². The molecule has 0 radical (unpaired) electrons. The number of hydrogen-bond acceptors (Lipinski definition) is 2. The molecule has 0 aliphatic rings. The maximum absolute atomic E-state index is 10.6. The molecule has 1 rings (SSSR count). The Balaban J connectivity index is 2.58. The largest absolute Gasteiger partial charge is 0.370 e. The lowest BCUT2D eigenvalue weighted by Gasteiger charge is -2.16. The monoisotopic (exact) mass is 268 g/mol. The zero-order valence-corrected chi connectivity index (χ0v) is 11.8. The van der Waals surface area contributed by atoms with Crippen molar-refractivity contribution in [2.45, 2.75) is 45.6 Å². The van der Waals surface area contributed by atoms with Gasteiger partial charge in [0.25, 0.3) is 0 Å². The summed E-state index contributed by atoms with van der Waals surface area (Å²) in [5.74, 6) is -0.248. The first-order valence-electron chi connectivity index (χ1n) is 6.22. The molecule has 4 heteroatoms. The summed E-state index contributed by atoms with van der Waals surface area (Å²) in [5.41, 5.74) is 14.6. The van der Waals surface area contributed by atoms with Crippen molar-refractivity contribution in [2.75, 3.05) is 0 Å². The number of aryl methyl sites for hydroxylation is 2. The predicted molar refractivity (Wildman–Crippen MR) is 75.5 cm³/mol. The van der Waals surface area contributed by atoms with Crippen LogP contribution in [0.5, 0.6) is 0 Å². The number of primary amides is 1. The van der Waals surface area contributed by atoms with Gasteiger partial charge in [0.1, 0.15) is 0 Å². The highest BCUT2D eigenvalue weighted by atomic mass is 35.5. The second kappa shape index (κ2) is 6.76. The number of hydrogen-bond donors (Lipinski definition) is 2. The van der Waals surface area contributed by atoms with Crippen molar-refractivity contribution in [2.24, 2.45) is 11.5 Å². The van der Waals surface area contributed by atoms with Crippen LogP contribution < -0.4 is 11.5 Å². The van der Waals surface area contributed by atoms with Crippen LogP contribution in [-0.4, -0.2) is 5.91 Å². The number of rotatable bonds is 6. The molecule has 18 heavy (non-hydrogen) atoms. The van der Waals surface area contributed by atoms with Gasteiger partial charge in [-0.25, -0.2) is 0 Å². The molecule has 0 saturated heterocycles. The van der Waals surface area contributed by atoms with Gasteiger partial charge in [-0.3, -0.25) is 4.79 Å². The van der Waals surface area contributed by atoms with Crippen LogP contribution in [0.4, 0.5) is 0 Å². The summed E-state index contributed by atoms with van der Waals surface area (Å²) in [4.78, 5) is 10.6. The zero-order chi connectivity index (χ0) is 13.7. The number of halogens is 1.